The largest absolute Gasteiger partial charge is 0.384 e. The zero-order chi connectivity index (χ0) is 12.3. The van der Waals surface area contributed by atoms with Crippen LogP contribution in [-0.2, 0) is 11.2 Å². The maximum atomic E-state index is 10.9. The molecule has 0 aliphatic heterocycles. The van der Waals surface area contributed by atoms with Gasteiger partial charge in [0.25, 0.3) is 0 Å². The zero-order valence-corrected chi connectivity index (χ0v) is 10.9. The molecule has 5 N–H and O–H groups in total. The fourth-order valence-corrected chi connectivity index (χ4v) is 1.58. The van der Waals surface area contributed by atoms with E-state index < -0.39 is 0 Å². The molecular formula is C11H15Cl2N3O. The normalized spacial score (nSPS) is 11.4. The van der Waals surface area contributed by atoms with Crippen LogP contribution < -0.4 is 11.5 Å². The molecule has 0 radical (unpaired) electrons. The third-order valence-electron chi connectivity index (χ3n) is 2.35. The van der Waals surface area contributed by atoms with E-state index in [1.54, 1.807) is 25.1 Å². The van der Waals surface area contributed by atoms with Crippen molar-refractivity contribution in [1.82, 2.24) is 0 Å². The quantitative estimate of drug-likeness (QED) is 0.577. The SMILES string of the molecule is CC(Cc1ccc(Cl)c(C(=N)N)c1)C(N)=O.Cl. The van der Waals surface area contributed by atoms with E-state index in [0.29, 0.717) is 17.0 Å². The number of carbonyl (C=O) groups is 1. The van der Waals surface area contributed by atoms with E-state index in [-0.39, 0.29) is 30.1 Å². The summed E-state index contributed by atoms with van der Waals surface area (Å²) in [5.74, 6) is -0.682. The summed E-state index contributed by atoms with van der Waals surface area (Å²) < 4.78 is 0. The summed E-state index contributed by atoms with van der Waals surface area (Å²) in [5.41, 5.74) is 11.9. The lowest BCUT2D eigenvalue weighted by Gasteiger charge is -2.09. The molecule has 0 aliphatic rings. The number of primary amides is 1. The van der Waals surface area contributed by atoms with E-state index in [4.69, 9.17) is 28.5 Å². The number of nitrogen functional groups attached to an aromatic ring is 1. The van der Waals surface area contributed by atoms with Crippen LogP contribution in [0.2, 0.25) is 5.02 Å². The topological polar surface area (TPSA) is 93.0 Å². The van der Waals surface area contributed by atoms with Gasteiger partial charge >= 0.3 is 0 Å². The summed E-state index contributed by atoms with van der Waals surface area (Å²) in [4.78, 5) is 10.9. The van der Waals surface area contributed by atoms with Gasteiger partial charge < -0.3 is 11.5 Å². The summed E-state index contributed by atoms with van der Waals surface area (Å²) in [6, 6.07) is 5.18. The van der Waals surface area contributed by atoms with Crippen LogP contribution in [-0.4, -0.2) is 11.7 Å². The van der Waals surface area contributed by atoms with Gasteiger partial charge in [-0.1, -0.05) is 24.6 Å². The summed E-state index contributed by atoms with van der Waals surface area (Å²) in [6.07, 6.45) is 0.521. The van der Waals surface area contributed by atoms with E-state index in [0.717, 1.165) is 5.56 Å². The first-order chi connectivity index (χ1) is 7.41. The van der Waals surface area contributed by atoms with E-state index in [9.17, 15) is 4.79 Å². The first-order valence-electron chi connectivity index (χ1n) is 4.84. The number of halogens is 2. The molecule has 0 saturated heterocycles. The van der Waals surface area contributed by atoms with Crippen LogP contribution in [0.4, 0.5) is 0 Å². The van der Waals surface area contributed by atoms with Crippen molar-refractivity contribution in [3.8, 4) is 0 Å². The first-order valence-corrected chi connectivity index (χ1v) is 5.21. The minimum atomic E-state index is -0.348. The Morgan fingerprint density at radius 3 is 2.53 bits per heavy atom. The molecule has 0 fully saturated rings. The van der Waals surface area contributed by atoms with Crippen molar-refractivity contribution in [3.63, 3.8) is 0 Å². The summed E-state index contributed by atoms with van der Waals surface area (Å²) >= 11 is 5.88. The molecule has 17 heavy (non-hydrogen) atoms. The Hall–Kier alpha value is -1.26. The Kier molecular flexibility index (Phi) is 5.99. The van der Waals surface area contributed by atoms with Gasteiger partial charge in [0, 0.05) is 11.5 Å². The highest BCUT2D eigenvalue weighted by molar-refractivity contribution is 6.33. The molecule has 0 heterocycles. The third-order valence-corrected chi connectivity index (χ3v) is 2.68. The molecule has 1 unspecified atom stereocenters. The predicted molar refractivity (Wildman–Crippen MR) is 71.8 cm³/mol. The highest BCUT2D eigenvalue weighted by atomic mass is 35.5. The number of nitrogens with two attached hydrogens (primary N) is 2. The standard InChI is InChI=1S/C11H14ClN3O.ClH/c1-6(11(15)16)4-7-2-3-9(12)8(5-7)10(13)14;/h2-3,5-6H,4H2,1H3,(H3,13,14)(H2,15,16);1H. The summed E-state index contributed by atoms with van der Waals surface area (Å²) in [5, 5.41) is 7.77. The van der Waals surface area contributed by atoms with Crippen LogP contribution in [0.1, 0.15) is 18.1 Å². The molecule has 1 aromatic rings. The molecular weight excluding hydrogens is 261 g/mol. The molecule has 0 aliphatic carbocycles. The maximum Gasteiger partial charge on any atom is 0.220 e. The molecule has 4 nitrogen and oxygen atoms in total. The number of carbonyl (C=O) groups excluding carboxylic acids is 1. The van der Waals surface area contributed by atoms with E-state index in [1.165, 1.54) is 0 Å². The fraction of sp³-hybridized carbons (Fsp3) is 0.273. The molecule has 94 valence electrons. The second-order valence-electron chi connectivity index (χ2n) is 3.74. The highest BCUT2D eigenvalue weighted by Gasteiger charge is 2.11. The zero-order valence-electron chi connectivity index (χ0n) is 9.37. The van der Waals surface area contributed by atoms with Gasteiger partial charge in [0.1, 0.15) is 5.84 Å². The van der Waals surface area contributed by atoms with Gasteiger partial charge in [-0.05, 0) is 24.1 Å². The second kappa shape index (κ2) is 6.47. The van der Waals surface area contributed by atoms with Gasteiger partial charge in [-0.15, -0.1) is 12.4 Å². The molecule has 0 aromatic heterocycles. The molecule has 0 spiro atoms. The van der Waals surface area contributed by atoms with Crippen LogP contribution in [0.3, 0.4) is 0 Å². The van der Waals surface area contributed by atoms with Crippen molar-refractivity contribution >= 4 is 35.8 Å². The predicted octanol–water partition coefficient (Wildman–Crippen LogP) is 1.71. The minimum Gasteiger partial charge on any atom is -0.384 e. The summed E-state index contributed by atoms with van der Waals surface area (Å²) in [6.45, 7) is 1.75. The van der Waals surface area contributed by atoms with Gasteiger partial charge in [0.05, 0.1) is 5.02 Å². The average molecular weight is 276 g/mol. The van der Waals surface area contributed by atoms with Gasteiger partial charge in [0.2, 0.25) is 5.91 Å². The molecule has 0 saturated carbocycles. The van der Waals surface area contributed by atoms with Crippen molar-refractivity contribution in [3.05, 3.63) is 34.3 Å². The van der Waals surface area contributed by atoms with Gasteiger partial charge in [-0.2, -0.15) is 0 Å². The van der Waals surface area contributed by atoms with Crippen LogP contribution in [0.5, 0.6) is 0 Å². The van der Waals surface area contributed by atoms with Gasteiger partial charge in [-0.3, -0.25) is 10.2 Å². The van der Waals surface area contributed by atoms with Crippen molar-refractivity contribution < 1.29 is 4.79 Å². The fourth-order valence-electron chi connectivity index (χ4n) is 1.36. The lowest BCUT2D eigenvalue weighted by atomic mass is 9.99. The number of amidine groups is 1. The number of rotatable bonds is 4. The molecule has 1 rings (SSSR count). The maximum absolute atomic E-state index is 10.9. The Balaban J connectivity index is 0.00000256. The van der Waals surface area contributed by atoms with Gasteiger partial charge in [0.15, 0.2) is 0 Å². The van der Waals surface area contributed by atoms with Crippen LogP contribution in [0.15, 0.2) is 18.2 Å². The molecule has 1 amide bonds. The van der Waals surface area contributed by atoms with Crippen molar-refractivity contribution in [1.29, 1.82) is 5.41 Å². The van der Waals surface area contributed by atoms with Crippen LogP contribution in [0.25, 0.3) is 0 Å². The Morgan fingerprint density at radius 1 is 1.47 bits per heavy atom. The Morgan fingerprint density at radius 2 is 2.06 bits per heavy atom. The van der Waals surface area contributed by atoms with E-state index in [2.05, 4.69) is 0 Å². The monoisotopic (exact) mass is 275 g/mol. The van der Waals surface area contributed by atoms with Crippen molar-refractivity contribution in [2.24, 2.45) is 17.4 Å². The lowest BCUT2D eigenvalue weighted by molar-refractivity contribution is -0.121. The Bertz CT molecular complexity index is 435. The van der Waals surface area contributed by atoms with E-state index in [1.807, 2.05) is 0 Å². The minimum absolute atomic E-state index is 0. The number of hydrogen-bond acceptors (Lipinski definition) is 2. The number of amides is 1. The number of benzene rings is 1. The Labute approximate surface area is 111 Å². The molecule has 0 bridgehead atoms. The molecule has 1 aromatic carbocycles. The first kappa shape index (κ1) is 15.7. The third kappa shape index (κ3) is 4.24. The molecule has 1 atom stereocenters. The van der Waals surface area contributed by atoms with Crippen molar-refractivity contribution in [2.75, 3.05) is 0 Å². The van der Waals surface area contributed by atoms with Crippen LogP contribution >= 0.6 is 24.0 Å². The van der Waals surface area contributed by atoms with E-state index >= 15 is 0 Å². The number of hydrogen-bond donors (Lipinski definition) is 3. The van der Waals surface area contributed by atoms with Gasteiger partial charge in [-0.25, -0.2) is 0 Å². The number of nitrogens with one attached hydrogen (secondary N) is 1. The van der Waals surface area contributed by atoms with Crippen molar-refractivity contribution in [2.45, 2.75) is 13.3 Å². The highest BCUT2D eigenvalue weighted by Crippen LogP contribution is 2.19. The summed E-state index contributed by atoms with van der Waals surface area (Å²) in [7, 11) is 0. The molecule has 6 heteroatoms. The lowest BCUT2D eigenvalue weighted by Crippen LogP contribution is -2.22. The van der Waals surface area contributed by atoms with Crippen LogP contribution in [0, 0.1) is 11.3 Å². The second-order valence-corrected chi connectivity index (χ2v) is 4.14. The average Bonchev–Trinajstić information content (AvgIpc) is 2.20. The smallest absolute Gasteiger partial charge is 0.220 e.